The van der Waals surface area contributed by atoms with E-state index in [2.05, 4.69) is 31.5 Å². The molecule has 1 atom stereocenters. The van der Waals surface area contributed by atoms with E-state index in [1.165, 1.54) is 6.42 Å². The minimum absolute atomic E-state index is 0.529. The van der Waals surface area contributed by atoms with E-state index >= 15 is 0 Å². The third-order valence-corrected chi connectivity index (χ3v) is 2.57. The molecule has 3 nitrogen and oxygen atoms in total. The molecule has 1 fully saturated rings. The molecule has 0 saturated carbocycles. The van der Waals surface area contributed by atoms with Gasteiger partial charge in [-0.25, -0.2) is 4.98 Å². The molecule has 2 N–H and O–H groups in total. The molecule has 1 aromatic rings. The molecule has 1 aliphatic rings. The summed E-state index contributed by atoms with van der Waals surface area (Å²) in [6, 6.07) is 6.44. The Morgan fingerprint density at radius 2 is 2.46 bits per heavy atom. The Morgan fingerprint density at radius 1 is 1.54 bits per heavy atom. The number of anilines is 1. The number of aromatic nitrogens is 1. The van der Waals surface area contributed by atoms with Crippen molar-refractivity contribution in [2.24, 2.45) is 0 Å². The van der Waals surface area contributed by atoms with E-state index in [1.54, 1.807) is 0 Å². The number of hydrogen-bond donors (Lipinski definition) is 2. The highest BCUT2D eigenvalue weighted by molar-refractivity contribution is 9.10. The van der Waals surface area contributed by atoms with Gasteiger partial charge in [0.2, 0.25) is 0 Å². The van der Waals surface area contributed by atoms with Crippen LogP contribution in [0.1, 0.15) is 6.42 Å². The SMILES string of the molecule is Brc1cccc(N[C@H]2CCNC2)n1. The van der Waals surface area contributed by atoms with Crippen molar-refractivity contribution < 1.29 is 0 Å². The predicted octanol–water partition coefficient (Wildman–Crippen LogP) is 1.62. The van der Waals surface area contributed by atoms with Crippen molar-refractivity contribution in [3.63, 3.8) is 0 Å². The predicted molar refractivity (Wildman–Crippen MR) is 56.8 cm³/mol. The molecule has 70 valence electrons. The average molecular weight is 242 g/mol. The van der Waals surface area contributed by atoms with E-state index in [4.69, 9.17) is 0 Å². The summed E-state index contributed by atoms with van der Waals surface area (Å²) in [6.45, 7) is 2.14. The molecule has 0 aliphatic carbocycles. The summed E-state index contributed by atoms with van der Waals surface area (Å²) in [7, 11) is 0. The maximum Gasteiger partial charge on any atom is 0.127 e. The average Bonchev–Trinajstić information content (AvgIpc) is 2.57. The molecule has 0 amide bonds. The number of pyridine rings is 1. The van der Waals surface area contributed by atoms with Crippen LogP contribution in [0, 0.1) is 0 Å². The van der Waals surface area contributed by atoms with Gasteiger partial charge in [0.25, 0.3) is 0 Å². The lowest BCUT2D eigenvalue weighted by Crippen LogP contribution is -2.22. The van der Waals surface area contributed by atoms with Gasteiger partial charge < -0.3 is 10.6 Å². The van der Waals surface area contributed by atoms with Gasteiger partial charge in [-0.2, -0.15) is 0 Å². The normalized spacial score (nSPS) is 21.8. The van der Waals surface area contributed by atoms with Crippen molar-refractivity contribution in [2.75, 3.05) is 18.4 Å². The van der Waals surface area contributed by atoms with Crippen molar-refractivity contribution in [1.29, 1.82) is 0 Å². The van der Waals surface area contributed by atoms with E-state index in [-0.39, 0.29) is 0 Å². The largest absolute Gasteiger partial charge is 0.366 e. The Hall–Kier alpha value is -0.610. The topological polar surface area (TPSA) is 37.0 Å². The Bertz CT molecular complexity index is 284. The molecule has 0 radical (unpaired) electrons. The maximum atomic E-state index is 4.31. The molecule has 13 heavy (non-hydrogen) atoms. The molecular weight excluding hydrogens is 230 g/mol. The Balaban J connectivity index is 2.00. The summed E-state index contributed by atoms with van der Waals surface area (Å²) in [5.74, 6) is 0.947. The van der Waals surface area contributed by atoms with Crippen LogP contribution in [-0.2, 0) is 0 Å². The van der Waals surface area contributed by atoms with Gasteiger partial charge in [0.05, 0.1) is 0 Å². The second kappa shape index (κ2) is 4.07. The fraction of sp³-hybridized carbons (Fsp3) is 0.444. The van der Waals surface area contributed by atoms with E-state index in [9.17, 15) is 0 Å². The van der Waals surface area contributed by atoms with Crippen molar-refractivity contribution in [1.82, 2.24) is 10.3 Å². The fourth-order valence-electron chi connectivity index (χ4n) is 1.48. The molecule has 1 aromatic heterocycles. The van der Waals surface area contributed by atoms with E-state index in [1.807, 2.05) is 18.2 Å². The summed E-state index contributed by atoms with van der Waals surface area (Å²) in [4.78, 5) is 4.31. The van der Waals surface area contributed by atoms with E-state index in [0.29, 0.717) is 6.04 Å². The first-order valence-corrected chi connectivity index (χ1v) is 5.24. The van der Waals surface area contributed by atoms with E-state index < -0.39 is 0 Å². The first kappa shape index (κ1) is 8.97. The van der Waals surface area contributed by atoms with Gasteiger partial charge in [-0.3, -0.25) is 0 Å². The number of rotatable bonds is 2. The van der Waals surface area contributed by atoms with Gasteiger partial charge in [0, 0.05) is 12.6 Å². The molecule has 2 rings (SSSR count). The van der Waals surface area contributed by atoms with Crippen LogP contribution in [-0.4, -0.2) is 24.1 Å². The van der Waals surface area contributed by atoms with E-state index in [0.717, 1.165) is 23.5 Å². The van der Waals surface area contributed by atoms with Crippen LogP contribution in [0.15, 0.2) is 22.8 Å². The summed E-state index contributed by atoms with van der Waals surface area (Å²) < 4.78 is 0.878. The Kier molecular flexibility index (Phi) is 2.80. The molecule has 1 aliphatic heterocycles. The maximum absolute atomic E-state index is 4.31. The lowest BCUT2D eigenvalue weighted by atomic mass is 10.2. The highest BCUT2D eigenvalue weighted by Gasteiger charge is 2.13. The van der Waals surface area contributed by atoms with Gasteiger partial charge in [-0.05, 0) is 41.0 Å². The quantitative estimate of drug-likeness (QED) is 0.774. The first-order chi connectivity index (χ1) is 6.34. The molecule has 1 saturated heterocycles. The summed E-state index contributed by atoms with van der Waals surface area (Å²) >= 11 is 3.34. The van der Waals surface area contributed by atoms with Crippen molar-refractivity contribution in [3.8, 4) is 0 Å². The lowest BCUT2D eigenvalue weighted by molar-refractivity contribution is 0.787. The zero-order valence-corrected chi connectivity index (χ0v) is 8.84. The number of nitrogens with one attached hydrogen (secondary N) is 2. The van der Waals surface area contributed by atoms with Crippen LogP contribution in [0.25, 0.3) is 0 Å². The van der Waals surface area contributed by atoms with Crippen molar-refractivity contribution >= 4 is 21.7 Å². The molecular formula is C9H12BrN3. The van der Waals surface area contributed by atoms with Gasteiger partial charge >= 0.3 is 0 Å². The summed E-state index contributed by atoms with van der Waals surface area (Å²) in [5, 5.41) is 6.68. The molecule has 2 heterocycles. The van der Waals surface area contributed by atoms with Gasteiger partial charge in [-0.15, -0.1) is 0 Å². The molecule has 4 heteroatoms. The zero-order chi connectivity index (χ0) is 9.10. The second-order valence-corrected chi connectivity index (χ2v) is 3.99. The zero-order valence-electron chi connectivity index (χ0n) is 7.26. The number of hydrogen-bond acceptors (Lipinski definition) is 3. The number of nitrogens with zero attached hydrogens (tertiary/aromatic N) is 1. The van der Waals surface area contributed by atoms with Gasteiger partial charge in [0.1, 0.15) is 10.4 Å². The van der Waals surface area contributed by atoms with Crippen molar-refractivity contribution in [2.45, 2.75) is 12.5 Å². The molecule has 0 unspecified atom stereocenters. The third-order valence-electron chi connectivity index (χ3n) is 2.13. The van der Waals surface area contributed by atoms with Gasteiger partial charge in [0.15, 0.2) is 0 Å². The summed E-state index contributed by atoms with van der Waals surface area (Å²) in [6.07, 6.45) is 1.17. The monoisotopic (exact) mass is 241 g/mol. The Labute approximate surface area is 86.1 Å². The van der Waals surface area contributed by atoms with Gasteiger partial charge in [-0.1, -0.05) is 6.07 Å². The van der Waals surface area contributed by atoms with Crippen LogP contribution in [0.2, 0.25) is 0 Å². The second-order valence-electron chi connectivity index (χ2n) is 3.18. The highest BCUT2D eigenvalue weighted by atomic mass is 79.9. The minimum atomic E-state index is 0.529. The molecule has 0 bridgehead atoms. The third kappa shape index (κ3) is 2.42. The standard InChI is InChI=1S/C9H12BrN3/c10-8-2-1-3-9(13-8)12-7-4-5-11-6-7/h1-3,7,11H,4-6H2,(H,12,13)/t7-/m0/s1. The fourth-order valence-corrected chi connectivity index (χ4v) is 1.82. The van der Waals surface area contributed by atoms with Crippen LogP contribution in [0.5, 0.6) is 0 Å². The van der Waals surface area contributed by atoms with Crippen LogP contribution < -0.4 is 10.6 Å². The molecule has 0 spiro atoms. The molecule has 0 aromatic carbocycles. The smallest absolute Gasteiger partial charge is 0.127 e. The highest BCUT2D eigenvalue weighted by Crippen LogP contribution is 2.12. The Morgan fingerprint density at radius 3 is 3.15 bits per heavy atom. The van der Waals surface area contributed by atoms with Crippen molar-refractivity contribution in [3.05, 3.63) is 22.8 Å². The number of halogens is 1. The van der Waals surface area contributed by atoms with Crippen LogP contribution in [0.3, 0.4) is 0 Å². The lowest BCUT2D eigenvalue weighted by Gasteiger charge is -2.11. The summed E-state index contributed by atoms with van der Waals surface area (Å²) in [5.41, 5.74) is 0. The van der Waals surface area contributed by atoms with Crippen LogP contribution >= 0.6 is 15.9 Å². The first-order valence-electron chi connectivity index (χ1n) is 4.44. The van der Waals surface area contributed by atoms with Crippen LogP contribution in [0.4, 0.5) is 5.82 Å². The minimum Gasteiger partial charge on any atom is -0.366 e.